The standard InChI is InChI=1S/C18H21N3O3S/c1-9-4-5-12-10(7-9)8-11-14(19)15(25-16(11)20-12)17(22)21-6-2-3-13(21)18(23)24/h8-9,13H,2-7,19H2,1H3,(H,23,24)/t9?,13-/m1/s1. The Labute approximate surface area is 149 Å². The van der Waals surface area contributed by atoms with E-state index in [0.29, 0.717) is 35.9 Å². The Morgan fingerprint density at radius 1 is 1.40 bits per heavy atom. The van der Waals surface area contributed by atoms with Crippen molar-refractivity contribution < 1.29 is 14.7 Å². The van der Waals surface area contributed by atoms with Gasteiger partial charge in [-0.3, -0.25) is 4.79 Å². The summed E-state index contributed by atoms with van der Waals surface area (Å²) in [5.41, 5.74) is 9.04. The molecule has 2 aromatic rings. The Bertz CT molecular complexity index is 876. The van der Waals surface area contributed by atoms with Crippen LogP contribution in [0.4, 0.5) is 5.69 Å². The average molecular weight is 359 g/mol. The number of carboxylic acid groups (broad SMARTS) is 1. The fraction of sp³-hybridized carbons (Fsp3) is 0.500. The van der Waals surface area contributed by atoms with E-state index in [1.807, 2.05) is 0 Å². The minimum atomic E-state index is -0.951. The van der Waals surface area contributed by atoms with E-state index in [1.54, 1.807) is 0 Å². The van der Waals surface area contributed by atoms with Gasteiger partial charge >= 0.3 is 5.97 Å². The first-order chi connectivity index (χ1) is 12.0. The third-order valence-electron chi connectivity index (χ3n) is 5.32. The van der Waals surface area contributed by atoms with E-state index in [-0.39, 0.29) is 5.91 Å². The zero-order valence-electron chi connectivity index (χ0n) is 14.1. The highest BCUT2D eigenvalue weighted by atomic mass is 32.1. The summed E-state index contributed by atoms with van der Waals surface area (Å²) in [5, 5.41) is 10.1. The molecule has 7 heteroatoms. The molecule has 1 aliphatic carbocycles. The fourth-order valence-electron chi connectivity index (χ4n) is 3.93. The lowest BCUT2D eigenvalue weighted by Crippen LogP contribution is -2.40. The molecule has 4 rings (SSSR count). The van der Waals surface area contributed by atoms with Gasteiger partial charge in [0.25, 0.3) is 5.91 Å². The van der Waals surface area contributed by atoms with Gasteiger partial charge in [-0.15, -0.1) is 11.3 Å². The number of carbonyl (C=O) groups excluding carboxylic acids is 1. The van der Waals surface area contributed by atoms with Crippen LogP contribution in [0.2, 0.25) is 0 Å². The SMILES string of the molecule is CC1CCc2nc3sc(C(=O)N4CCC[C@@H]4C(=O)O)c(N)c3cc2C1. The Hall–Kier alpha value is -2.15. The first-order valence-corrected chi connectivity index (χ1v) is 9.52. The molecular formula is C18H21N3O3S. The zero-order valence-corrected chi connectivity index (χ0v) is 14.9. The smallest absolute Gasteiger partial charge is 0.326 e. The van der Waals surface area contributed by atoms with Gasteiger partial charge in [0.05, 0.1) is 5.69 Å². The summed E-state index contributed by atoms with van der Waals surface area (Å²) < 4.78 is 0. The lowest BCUT2D eigenvalue weighted by molar-refractivity contribution is -0.141. The number of likely N-dealkylation sites (tertiary alicyclic amines) is 1. The van der Waals surface area contributed by atoms with Crippen LogP contribution in [-0.4, -0.2) is 39.5 Å². The number of thiophene rings is 1. The lowest BCUT2D eigenvalue weighted by atomic mass is 9.87. The van der Waals surface area contributed by atoms with Gasteiger partial charge in [-0.2, -0.15) is 0 Å². The zero-order chi connectivity index (χ0) is 17.7. The molecule has 1 unspecified atom stereocenters. The second kappa shape index (κ2) is 5.98. The first-order valence-electron chi connectivity index (χ1n) is 8.70. The number of pyridine rings is 1. The van der Waals surface area contributed by atoms with Crippen molar-refractivity contribution in [3.05, 3.63) is 22.2 Å². The summed E-state index contributed by atoms with van der Waals surface area (Å²) in [7, 11) is 0. The molecule has 1 amide bonds. The quantitative estimate of drug-likeness (QED) is 0.859. The number of rotatable bonds is 2. The van der Waals surface area contributed by atoms with Gasteiger partial charge in [0, 0.05) is 17.6 Å². The molecule has 0 aromatic carbocycles. The third-order valence-corrected chi connectivity index (χ3v) is 6.43. The highest BCUT2D eigenvalue weighted by Gasteiger charge is 2.36. The average Bonchev–Trinajstić information content (AvgIpc) is 3.18. The van der Waals surface area contributed by atoms with Crippen molar-refractivity contribution >= 4 is 39.1 Å². The maximum Gasteiger partial charge on any atom is 0.326 e. The molecule has 25 heavy (non-hydrogen) atoms. The molecule has 0 spiro atoms. The van der Waals surface area contributed by atoms with E-state index in [0.717, 1.165) is 35.2 Å². The van der Waals surface area contributed by atoms with E-state index in [2.05, 4.69) is 13.0 Å². The van der Waals surface area contributed by atoms with E-state index in [4.69, 9.17) is 10.7 Å². The van der Waals surface area contributed by atoms with Gasteiger partial charge in [-0.25, -0.2) is 9.78 Å². The highest BCUT2D eigenvalue weighted by molar-refractivity contribution is 7.21. The topological polar surface area (TPSA) is 96.5 Å². The molecule has 0 bridgehead atoms. The fourth-order valence-corrected chi connectivity index (χ4v) is 4.98. The third kappa shape index (κ3) is 2.66. The number of anilines is 1. The van der Waals surface area contributed by atoms with Crippen LogP contribution in [0.3, 0.4) is 0 Å². The number of carboxylic acids is 1. The molecule has 132 valence electrons. The van der Waals surface area contributed by atoms with Crippen LogP contribution in [0, 0.1) is 5.92 Å². The van der Waals surface area contributed by atoms with Gasteiger partial charge in [-0.05, 0) is 49.7 Å². The number of aromatic nitrogens is 1. The van der Waals surface area contributed by atoms with Crippen LogP contribution in [0.5, 0.6) is 0 Å². The first kappa shape index (κ1) is 16.3. The van der Waals surface area contributed by atoms with E-state index in [9.17, 15) is 14.7 Å². The van der Waals surface area contributed by atoms with E-state index < -0.39 is 12.0 Å². The molecule has 0 saturated carbocycles. The number of fused-ring (bicyclic) bond motifs is 2. The Balaban J connectivity index is 1.74. The lowest BCUT2D eigenvalue weighted by Gasteiger charge is -2.20. The number of aliphatic carboxylic acids is 1. The Kier molecular flexibility index (Phi) is 3.91. The number of hydrogen-bond acceptors (Lipinski definition) is 5. The number of nitrogen functional groups attached to an aromatic ring is 1. The molecule has 2 atom stereocenters. The van der Waals surface area contributed by atoms with Crippen LogP contribution >= 0.6 is 11.3 Å². The number of nitrogens with zero attached hydrogens (tertiary/aromatic N) is 2. The van der Waals surface area contributed by atoms with Gasteiger partial charge in [0.15, 0.2) is 0 Å². The molecule has 0 radical (unpaired) electrons. The summed E-state index contributed by atoms with van der Waals surface area (Å²) in [6.45, 7) is 2.70. The number of carbonyl (C=O) groups is 2. The van der Waals surface area contributed by atoms with E-state index >= 15 is 0 Å². The van der Waals surface area contributed by atoms with Crippen LogP contribution in [0.1, 0.15) is 47.1 Å². The Morgan fingerprint density at radius 3 is 2.96 bits per heavy atom. The minimum Gasteiger partial charge on any atom is -0.480 e. The maximum absolute atomic E-state index is 12.9. The largest absolute Gasteiger partial charge is 0.480 e. The normalized spacial score (nSPS) is 23.0. The molecule has 3 heterocycles. The summed E-state index contributed by atoms with van der Waals surface area (Å²) >= 11 is 1.29. The van der Waals surface area contributed by atoms with Crippen molar-refractivity contribution in [1.29, 1.82) is 0 Å². The maximum atomic E-state index is 12.9. The summed E-state index contributed by atoms with van der Waals surface area (Å²) in [4.78, 5) is 31.6. The van der Waals surface area contributed by atoms with Crippen molar-refractivity contribution in [2.75, 3.05) is 12.3 Å². The van der Waals surface area contributed by atoms with Crippen molar-refractivity contribution in [1.82, 2.24) is 9.88 Å². The minimum absolute atomic E-state index is 0.281. The van der Waals surface area contributed by atoms with Crippen molar-refractivity contribution in [3.63, 3.8) is 0 Å². The number of hydrogen-bond donors (Lipinski definition) is 2. The van der Waals surface area contributed by atoms with Crippen molar-refractivity contribution in [2.45, 2.75) is 45.1 Å². The van der Waals surface area contributed by atoms with Crippen LogP contribution < -0.4 is 5.73 Å². The second-order valence-electron chi connectivity index (χ2n) is 7.13. The van der Waals surface area contributed by atoms with Crippen LogP contribution in [0.15, 0.2) is 6.07 Å². The monoisotopic (exact) mass is 359 g/mol. The molecule has 6 nitrogen and oxygen atoms in total. The van der Waals surface area contributed by atoms with E-state index in [1.165, 1.54) is 21.8 Å². The molecule has 2 aromatic heterocycles. The van der Waals surface area contributed by atoms with Gasteiger partial charge in [-0.1, -0.05) is 6.92 Å². The van der Waals surface area contributed by atoms with Crippen molar-refractivity contribution in [3.8, 4) is 0 Å². The molecular weight excluding hydrogens is 338 g/mol. The summed E-state index contributed by atoms with van der Waals surface area (Å²) in [6.07, 6.45) is 4.28. The highest BCUT2D eigenvalue weighted by Crippen LogP contribution is 2.37. The molecule has 1 aliphatic heterocycles. The predicted molar refractivity (Wildman–Crippen MR) is 96.9 cm³/mol. The second-order valence-corrected chi connectivity index (χ2v) is 8.13. The molecule has 3 N–H and O–H groups in total. The van der Waals surface area contributed by atoms with Crippen molar-refractivity contribution in [2.24, 2.45) is 5.92 Å². The summed E-state index contributed by atoms with van der Waals surface area (Å²) in [6, 6.07) is 1.33. The number of nitrogens with two attached hydrogens (primary N) is 1. The van der Waals surface area contributed by atoms with Gasteiger partial charge in [0.1, 0.15) is 15.7 Å². The number of amides is 1. The number of aryl methyl sites for hydroxylation is 1. The molecule has 1 fully saturated rings. The summed E-state index contributed by atoms with van der Waals surface area (Å²) in [5.74, 6) is -0.599. The van der Waals surface area contributed by atoms with Crippen LogP contribution in [-0.2, 0) is 17.6 Å². The Morgan fingerprint density at radius 2 is 2.20 bits per heavy atom. The van der Waals surface area contributed by atoms with Crippen LogP contribution in [0.25, 0.3) is 10.2 Å². The molecule has 1 saturated heterocycles. The van der Waals surface area contributed by atoms with Gasteiger partial charge < -0.3 is 15.7 Å². The van der Waals surface area contributed by atoms with Gasteiger partial charge in [0.2, 0.25) is 0 Å². The molecule has 2 aliphatic rings. The predicted octanol–water partition coefficient (Wildman–Crippen LogP) is 2.69.